The molecule has 20 heavy (non-hydrogen) atoms. The lowest BCUT2D eigenvalue weighted by molar-refractivity contribution is 0.341. The van der Waals surface area contributed by atoms with Crippen LogP contribution in [0.4, 0.5) is 4.39 Å². The predicted molar refractivity (Wildman–Crippen MR) is 74.7 cm³/mol. The van der Waals surface area contributed by atoms with Gasteiger partial charge in [-0.25, -0.2) is 9.07 Å². The maximum absolute atomic E-state index is 13.1. The van der Waals surface area contributed by atoms with Crippen molar-refractivity contribution in [3.8, 4) is 0 Å². The van der Waals surface area contributed by atoms with Crippen LogP contribution >= 0.6 is 0 Å². The Labute approximate surface area is 117 Å². The number of benzene rings is 1. The molecule has 1 heterocycles. The van der Waals surface area contributed by atoms with E-state index in [9.17, 15) is 4.39 Å². The van der Waals surface area contributed by atoms with Crippen LogP contribution in [0.3, 0.4) is 0 Å². The van der Waals surface area contributed by atoms with Gasteiger partial charge >= 0.3 is 0 Å². The Morgan fingerprint density at radius 2 is 2.30 bits per heavy atom. The van der Waals surface area contributed by atoms with Crippen LogP contribution < -0.4 is 0 Å². The third-order valence-corrected chi connectivity index (χ3v) is 3.03. The number of hydrogen-bond donors (Lipinski definition) is 1. The van der Waals surface area contributed by atoms with Gasteiger partial charge in [0, 0.05) is 6.20 Å². The summed E-state index contributed by atoms with van der Waals surface area (Å²) >= 11 is 0. The lowest BCUT2D eigenvalue weighted by atomic mass is 10.1. The fraction of sp³-hybridized carbons (Fsp3) is 0.333. The Kier molecular flexibility index (Phi) is 5.01. The van der Waals surface area contributed by atoms with Crippen molar-refractivity contribution in [2.24, 2.45) is 0 Å². The summed E-state index contributed by atoms with van der Waals surface area (Å²) in [4.78, 5) is 0. The van der Waals surface area contributed by atoms with Gasteiger partial charge in [-0.2, -0.15) is 0 Å². The van der Waals surface area contributed by atoms with E-state index in [-0.39, 0.29) is 12.4 Å². The molecule has 0 bridgehead atoms. The van der Waals surface area contributed by atoms with Crippen molar-refractivity contribution < 1.29 is 9.50 Å². The van der Waals surface area contributed by atoms with Crippen molar-refractivity contribution in [2.75, 3.05) is 6.61 Å². The van der Waals surface area contributed by atoms with E-state index in [1.165, 1.54) is 12.1 Å². The van der Waals surface area contributed by atoms with Crippen molar-refractivity contribution in [2.45, 2.75) is 26.3 Å². The first-order valence-electron chi connectivity index (χ1n) is 6.57. The summed E-state index contributed by atoms with van der Waals surface area (Å²) in [5.74, 6) is -0.243. The highest BCUT2D eigenvalue weighted by atomic mass is 19.1. The largest absolute Gasteiger partial charge is 0.392 e. The third-order valence-electron chi connectivity index (χ3n) is 3.03. The Morgan fingerprint density at radius 1 is 1.45 bits per heavy atom. The van der Waals surface area contributed by atoms with E-state index in [0.717, 1.165) is 29.7 Å². The molecule has 0 unspecified atom stereocenters. The van der Waals surface area contributed by atoms with Crippen LogP contribution in [-0.2, 0) is 13.0 Å². The molecule has 4 nitrogen and oxygen atoms in total. The lowest BCUT2D eigenvalue weighted by Gasteiger charge is -2.00. The fourth-order valence-electron chi connectivity index (χ4n) is 1.94. The van der Waals surface area contributed by atoms with Gasteiger partial charge in [0.25, 0.3) is 0 Å². The summed E-state index contributed by atoms with van der Waals surface area (Å²) in [5.41, 5.74) is 2.89. The SMILES string of the molecule is C/C(=C\CO)CCc1cn(Cc2cccc(F)c2)nn1. The molecule has 0 aliphatic heterocycles. The maximum atomic E-state index is 13.1. The second-order valence-corrected chi connectivity index (χ2v) is 4.77. The third kappa shape index (κ3) is 4.28. The molecule has 1 aromatic carbocycles. The summed E-state index contributed by atoms with van der Waals surface area (Å²) in [7, 11) is 0. The molecule has 0 saturated heterocycles. The van der Waals surface area contributed by atoms with Gasteiger partial charge in [0.2, 0.25) is 0 Å². The number of allylic oxidation sites excluding steroid dienone is 1. The normalized spacial score (nSPS) is 11.8. The van der Waals surface area contributed by atoms with Gasteiger partial charge in [-0.15, -0.1) is 5.10 Å². The quantitative estimate of drug-likeness (QED) is 0.823. The van der Waals surface area contributed by atoms with Crippen LogP contribution in [0.1, 0.15) is 24.6 Å². The average molecular weight is 275 g/mol. The molecule has 0 amide bonds. The van der Waals surface area contributed by atoms with Gasteiger partial charge in [0.15, 0.2) is 0 Å². The number of halogens is 1. The number of aryl methyl sites for hydroxylation is 1. The highest BCUT2D eigenvalue weighted by Gasteiger charge is 2.03. The molecule has 0 fully saturated rings. The zero-order valence-electron chi connectivity index (χ0n) is 11.5. The number of hydrogen-bond acceptors (Lipinski definition) is 3. The number of aliphatic hydroxyl groups excluding tert-OH is 1. The summed E-state index contributed by atoms with van der Waals surface area (Å²) in [5, 5.41) is 16.9. The van der Waals surface area contributed by atoms with Crippen molar-refractivity contribution >= 4 is 0 Å². The van der Waals surface area contributed by atoms with Crippen LogP contribution in [0.5, 0.6) is 0 Å². The van der Waals surface area contributed by atoms with Crippen LogP contribution in [-0.4, -0.2) is 26.7 Å². The van der Waals surface area contributed by atoms with Crippen molar-refractivity contribution in [1.82, 2.24) is 15.0 Å². The smallest absolute Gasteiger partial charge is 0.123 e. The highest BCUT2D eigenvalue weighted by molar-refractivity contribution is 5.16. The van der Waals surface area contributed by atoms with Gasteiger partial charge < -0.3 is 5.11 Å². The van der Waals surface area contributed by atoms with Crippen LogP contribution in [0.2, 0.25) is 0 Å². The summed E-state index contributed by atoms with van der Waals surface area (Å²) in [6.07, 6.45) is 5.29. The molecule has 106 valence electrons. The molecular formula is C15H18FN3O. The van der Waals surface area contributed by atoms with E-state index in [2.05, 4.69) is 10.3 Å². The molecule has 5 heteroatoms. The topological polar surface area (TPSA) is 50.9 Å². The van der Waals surface area contributed by atoms with E-state index in [1.807, 2.05) is 19.2 Å². The molecular weight excluding hydrogens is 257 g/mol. The summed E-state index contributed by atoms with van der Waals surface area (Å²) < 4.78 is 14.8. The van der Waals surface area contributed by atoms with E-state index < -0.39 is 0 Å². The number of aromatic nitrogens is 3. The van der Waals surface area contributed by atoms with E-state index >= 15 is 0 Å². The van der Waals surface area contributed by atoms with Crippen molar-refractivity contribution in [3.63, 3.8) is 0 Å². The molecule has 0 radical (unpaired) electrons. The average Bonchev–Trinajstić information content (AvgIpc) is 2.84. The Bertz CT molecular complexity index is 592. The summed E-state index contributed by atoms with van der Waals surface area (Å²) in [6.45, 7) is 2.56. The minimum Gasteiger partial charge on any atom is -0.392 e. The molecule has 0 atom stereocenters. The van der Waals surface area contributed by atoms with E-state index in [4.69, 9.17) is 5.11 Å². The number of aliphatic hydroxyl groups is 1. The number of rotatable bonds is 6. The van der Waals surface area contributed by atoms with Gasteiger partial charge in [-0.05, 0) is 37.5 Å². The minimum atomic E-state index is -0.243. The zero-order valence-corrected chi connectivity index (χ0v) is 11.5. The molecule has 0 saturated carbocycles. The standard InChI is InChI=1S/C15H18FN3O/c1-12(7-8-20)5-6-15-11-19(18-17-15)10-13-3-2-4-14(16)9-13/h2-4,7,9,11,20H,5-6,8,10H2,1H3/b12-7+. The van der Waals surface area contributed by atoms with Crippen LogP contribution in [0.15, 0.2) is 42.1 Å². The van der Waals surface area contributed by atoms with E-state index in [0.29, 0.717) is 6.54 Å². The number of nitrogens with zero attached hydrogens (tertiary/aromatic N) is 3. The van der Waals surface area contributed by atoms with E-state index in [1.54, 1.807) is 16.8 Å². The molecule has 1 aromatic heterocycles. The van der Waals surface area contributed by atoms with Crippen molar-refractivity contribution in [1.29, 1.82) is 0 Å². The fourth-order valence-corrected chi connectivity index (χ4v) is 1.94. The van der Waals surface area contributed by atoms with Crippen LogP contribution in [0, 0.1) is 5.82 Å². The van der Waals surface area contributed by atoms with Crippen molar-refractivity contribution in [3.05, 3.63) is 59.2 Å². The molecule has 2 rings (SSSR count). The first kappa shape index (κ1) is 14.4. The minimum absolute atomic E-state index is 0.0676. The Hall–Kier alpha value is -2.01. The van der Waals surface area contributed by atoms with Gasteiger partial charge in [0.1, 0.15) is 5.82 Å². The molecule has 2 aromatic rings. The van der Waals surface area contributed by atoms with Gasteiger partial charge in [-0.3, -0.25) is 0 Å². The van der Waals surface area contributed by atoms with Crippen LogP contribution in [0.25, 0.3) is 0 Å². The first-order chi connectivity index (χ1) is 9.67. The van der Waals surface area contributed by atoms with Gasteiger partial charge in [-0.1, -0.05) is 29.0 Å². The molecule has 0 aliphatic rings. The first-order valence-corrected chi connectivity index (χ1v) is 6.57. The molecule has 0 spiro atoms. The Morgan fingerprint density at radius 3 is 3.05 bits per heavy atom. The second kappa shape index (κ2) is 6.96. The predicted octanol–water partition coefficient (Wildman–Crippen LogP) is 2.34. The maximum Gasteiger partial charge on any atom is 0.123 e. The molecule has 0 aliphatic carbocycles. The highest BCUT2D eigenvalue weighted by Crippen LogP contribution is 2.08. The zero-order chi connectivity index (χ0) is 14.4. The monoisotopic (exact) mass is 275 g/mol. The summed E-state index contributed by atoms with van der Waals surface area (Å²) in [6, 6.07) is 6.46. The lowest BCUT2D eigenvalue weighted by Crippen LogP contribution is -2.00. The van der Waals surface area contributed by atoms with Gasteiger partial charge in [0.05, 0.1) is 18.8 Å². The Balaban J connectivity index is 1.94. The second-order valence-electron chi connectivity index (χ2n) is 4.77. The molecule has 1 N–H and O–H groups in total.